The van der Waals surface area contributed by atoms with Gasteiger partial charge in [0, 0.05) is 58.6 Å². The van der Waals surface area contributed by atoms with Crippen LogP contribution in [-0.4, -0.2) is 77.3 Å². The minimum Gasteiger partial charge on any atom is -0.506 e. The molecule has 2 saturated heterocycles. The standard InChI is InChI=1S/C23H26N8O3/c32-19-6-2-1-5-18(19)27-9-13-29(14-10-27)22-21(31(33)34)23(26-17-25-22)30-15-11-28(12-16-30)20-7-3-4-8-24-20/h1-8,17,32H,9-16H2. The zero-order chi connectivity index (χ0) is 23.5. The van der Waals surface area contributed by atoms with Crippen LogP contribution in [0.1, 0.15) is 0 Å². The summed E-state index contributed by atoms with van der Waals surface area (Å²) in [6, 6.07) is 13.0. The van der Waals surface area contributed by atoms with Crippen LogP contribution in [0.25, 0.3) is 0 Å². The quantitative estimate of drug-likeness (QED) is 0.447. The molecule has 1 aromatic carbocycles. The smallest absolute Gasteiger partial charge is 0.353 e. The van der Waals surface area contributed by atoms with Gasteiger partial charge in [0.1, 0.15) is 17.9 Å². The molecule has 0 amide bonds. The van der Waals surface area contributed by atoms with Crippen molar-refractivity contribution in [1.29, 1.82) is 0 Å². The number of piperazine rings is 2. The first-order chi connectivity index (χ1) is 16.6. The number of benzene rings is 1. The van der Waals surface area contributed by atoms with Gasteiger partial charge in [-0.2, -0.15) is 0 Å². The first-order valence-electron chi connectivity index (χ1n) is 11.3. The predicted molar refractivity (Wildman–Crippen MR) is 130 cm³/mol. The number of hydrogen-bond acceptors (Lipinski definition) is 10. The van der Waals surface area contributed by atoms with Crippen LogP contribution in [0, 0.1) is 10.1 Å². The molecule has 0 bridgehead atoms. The third-order valence-electron chi connectivity index (χ3n) is 6.32. The van der Waals surface area contributed by atoms with Crippen LogP contribution in [0.5, 0.6) is 5.75 Å². The molecule has 3 aromatic rings. The molecule has 5 rings (SSSR count). The average molecular weight is 463 g/mol. The molecule has 0 saturated carbocycles. The molecule has 176 valence electrons. The van der Waals surface area contributed by atoms with E-state index in [0.717, 1.165) is 11.5 Å². The normalized spacial score (nSPS) is 16.6. The van der Waals surface area contributed by atoms with Crippen molar-refractivity contribution in [3.8, 4) is 5.75 Å². The molecule has 2 aliphatic rings. The van der Waals surface area contributed by atoms with Crippen LogP contribution in [0.4, 0.5) is 28.8 Å². The van der Waals surface area contributed by atoms with Gasteiger partial charge in [-0.15, -0.1) is 0 Å². The fourth-order valence-corrected chi connectivity index (χ4v) is 4.57. The minimum absolute atomic E-state index is 0.0511. The van der Waals surface area contributed by atoms with E-state index in [1.807, 2.05) is 40.1 Å². The molecule has 2 aromatic heterocycles. The van der Waals surface area contributed by atoms with E-state index in [4.69, 9.17) is 0 Å². The van der Waals surface area contributed by atoms with Crippen molar-refractivity contribution in [2.75, 3.05) is 72.0 Å². The summed E-state index contributed by atoms with van der Waals surface area (Å²) < 4.78 is 0. The topological polar surface area (TPSA) is 115 Å². The third kappa shape index (κ3) is 4.24. The molecule has 2 aliphatic heterocycles. The van der Waals surface area contributed by atoms with Crippen molar-refractivity contribution < 1.29 is 10.0 Å². The van der Waals surface area contributed by atoms with Gasteiger partial charge >= 0.3 is 5.69 Å². The molecule has 34 heavy (non-hydrogen) atoms. The summed E-state index contributed by atoms with van der Waals surface area (Å²) in [4.78, 5) is 33.0. The van der Waals surface area contributed by atoms with Gasteiger partial charge in [-0.3, -0.25) is 10.1 Å². The van der Waals surface area contributed by atoms with Gasteiger partial charge in [0.05, 0.1) is 10.6 Å². The summed E-state index contributed by atoms with van der Waals surface area (Å²) in [7, 11) is 0. The molecule has 2 fully saturated rings. The fourth-order valence-electron chi connectivity index (χ4n) is 4.57. The summed E-state index contributed by atoms with van der Waals surface area (Å²) in [5, 5.41) is 22.3. The lowest BCUT2D eigenvalue weighted by Crippen LogP contribution is -2.48. The van der Waals surface area contributed by atoms with E-state index in [2.05, 4.69) is 24.8 Å². The maximum atomic E-state index is 12.2. The molecule has 0 unspecified atom stereocenters. The summed E-state index contributed by atoms with van der Waals surface area (Å²) in [5.41, 5.74) is 0.718. The molecule has 0 radical (unpaired) electrons. The van der Waals surface area contributed by atoms with Gasteiger partial charge in [0.2, 0.25) is 11.6 Å². The molecular formula is C23H26N8O3. The first kappa shape index (κ1) is 21.7. The number of aromatic nitrogens is 3. The zero-order valence-electron chi connectivity index (χ0n) is 18.7. The Bertz CT molecular complexity index is 1150. The number of nitro groups is 1. The summed E-state index contributed by atoms with van der Waals surface area (Å²) in [5.74, 6) is 1.84. The molecule has 11 heteroatoms. The van der Waals surface area contributed by atoms with Crippen molar-refractivity contribution in [1.82, 2.24) is 15.0 Å². The number of phenols is 1. The minimum atomic E-state index is -0.370. The highest BCUT2D eigenvalue weighted by Gasteiger charge is 2.33. The molecule has 0 aliphatic carbocycles. The number of aromatic hydroxyl groups is 1. The number of hydrogen-bond donors (Lipinski definition) is 1. The monoisotopic (exact) mass is 462 g/mol. The summed E-state index contributed by atoms with van der Waals surface area (Å²) in [6.07, 6.45) is 3.18. The van der Waals surface area contributed by atoms with Crippen molar-refractivity contribution in [2.24, 2.45) is 0 Å². The van der Waals surface area contributed by atoms with Crippen LogP contribution in [0.2, 0.25) is 0 Å². The maximum Gasteiger partial charge on any atom is 0.353 e. The maximum absolute atomic E-state index is 12.2. The van der Waals surface area contributed by atoms with E-state index < -0.39 is 0 Å². The molecular weight excluding hydrogens is 436 g/mol. The Morgan fingerprint density at radius 1 is 0.735 bits per heavy atom. The molecule has 4 heterocycles. The van der Waals surface area contributed by atoms with Crippen LogP contribution >= 0.6 is 0 Å². The van der Waals surface area contributed by atoms with Gasteiger partial charge in [0.15, 0.2) is 0 Å². The molecule has 0 spiro atoms. The van der Waals surface area contributed by atoms with E-state index >= 15 is 0 Å². The Morgan fingerprint density at radius 2 is 1.29 bits per heavy atom. The van der Waals surface area contributed by atoms with Gasteiger partial charge < -0.3 is 24.7 Å². The number of para-hydroxylation sites is 2. The van der Waals surface area contributed by atoms with Crippen molar-refractivity contribution >= 4 is 28.8 Å². The van der Waals surface area contributed by atoms with Gasteiger partial charge in [-0.25, -0.2) is 15.0 Å². The van der Waals surface area contributed by atoms with Crippen molar-refractivity contribution in [3.05, 3.63) is 65.1 Å². The van der Waals surface area contributed by atoms with E-state index in [1.165, 1.54) is 6.33 Å². The highest BCUT2D eigenvalue weighted by molar-refractivity contribution is 5.72. The second-order valence-corrected chi connectivity index (χ2v) is 8.25. The summed E-state index contributed by atoms with van der Waals surface area (Å²) in [6.45, 7) is 4.97. The Balaban J connectivity index is 1.32. The molecule has 11 nitrogen and oxygen atoms in total. The second kappa shape index (κ2) is 9.38. The number of phenolic OH excluding ortho intramolecular Hbond substituents is 1. The van der Waals surface area contributed by atoms with Gasteiger partial charge in [-0.05, 0) is 24.3 Å². The SMILES string of the molecule is O=[N+]([O-])c1c(N2CCN(c3ccccn3)CC2)ncnc1N1CCN(c2ccccc2O)CC1. The van der Waals surface area contributed by atoms with Gasteiger partial charge in [0.25, 0.3) is 0 Å². The van der Waals surface area contributed by atoms with Crippen molar-refractivity contribution in [2.45, 2.75) is 0 Å². The third-order valence-corrected chi connectivity index (χ3v) is 6.32. The Hall–Kier alpha value is -4.15. The average Bonchev–Trinajstić information content (AvgIpc) is 2.89. The second-order valence-electron chi connectivity index (χ2n) is 8.25. The Labute approximate surface area is 197 Å². The lowest BCUT2D eigenvalue weighted by atomic mass is 10.2. The largest absolute Gasteiger partial charge is 0.506 e. The molecule has 1 N–H and O–H groups in total. The number of anilines is 4. The highest BCUT2D eigenvalue weighted by atomic mass is 16.6. The number of nitrogens with zero attached hydrogens (tertiary/aromatic N) is 8. The Morgan fingerprint density at radius 3 is 1.85 bits per heavy atom. The van der Waals surface area contributed by atoms with Gasteiger partial charge in [-0.1, -0.05) is 18.2 Å². The van der Waals surface area contributed by atoms with E-state index in [0.29, 0.717) is 64.0 Å². The lowest BCUT2D eigenvalue weighted by Gasteiger charge is -2.38. The van der Waals surface area contributed by atoms with Crippen LogP contribution in [0.15, 0.2) is 55.0 Å². The van der Waals surface area contributed by atoms with E-state index in [9.17, 15) is 15.2 Å². The zero-order valence-corrected chi connectivity index (χ0v) is 18.7. The predicted octanol–water partition coefficient (Wildman–Crippen LogP) is 2.14. The highest BCUT2D eigenvalue weighted by Crippen LogP contribution is 2.36. The number of pyridine rings is 1. The van der Waals surface area contributed by atoms with Crippen LogP contribution in [0.3, 0.4) is 0 Å². The lowest BCUT2D eigenvalue weighted by molar-refractivity contribution is -0.383. The Kier molecular flexibility index (Phi) is 5.98. The number of rotatable bonds is 5. The van der Waals surface area contributed by atoms with Crippen molar-refractivity contribution in [3.63, 3.8) is 0 Å². The molecule has 0 atom stereocenters. The van der Waals surface area contributed by atoms with E-state index in [1.54, 1.807) is 18.3 Å². The fraction of sp³-hybridized carbons (Fsp3) is 0.348. The van der Waals surface area contributed by atoms with Crippen LogP contribution < -0.4 is 19.6 Å². The van der Waals surface area contributed by atoms with Crippen LogP contribution in [-0.2, 0) is 0 Å². The first-order valence-corrected chi connectivity index (χ1v) is 11.3. The van der Waals surface area contributed by atoms with E-state index in [-0.39, 0.29) is 16.4 Å². The summed E-state index contributed by atoms with van der Waals surface area (Å²) >= 11 is 0.